The Morgan fingerprint density at radius 1 is 0.879 bits per heavy atom. The van der Waals surface area contributed by atoms with Gasteiger partial charge in [-0.05, 0) is 55.7 Å². The molecule has 0 aliphatic heterocycles. The van der Waals surface area contributed by atoms with Crippen molar-refractivity contribution in [1.82, 2.24) is 10.2 Å². The molecular formula is C24H22N4O3S2. The van der Waals surface area contributed by atoms with Gasteiger partial charge in [0.2, 0.25) is 5.13 Å². The molecule has 9 heteroatoms. The van der Waals surface area contributed by atoms with Gasteiger partial charge in [-0.1, -0.05) is 59.9 Å². The van der Waals surface area contributed by atoms with E-state index in [0.717, 1.165) is 16.7 Å². The van der Waals surface area contributed by atoms with Crippen LogP contribution in [0.25, 0.3) is 10.6 Å². The Balaban J connectivity index is 1.57. The van der Waals surface area contributed by atoms with Crippen LogP contribution >= 0.6 is 11.3 Å². The van der Waals surface area contributed by atoms with Gasteiger partial charge in [-0.3, -0.25) is 14.8 Å². The molecule has 2 N–H and O–H groups in total. The monoisotopic (exact) mass is 478 g/mol. The average molecular weight is 479 g/mol. The van der Waals surface area contributed by atoms with Crippen LogP contribution in [0.5, 0.6) is 0 Å². The van der Waals surface area contributed by atoms with Crippen LogP contribution in [-0.2, 0) is 10.0 Å². The Bertz CT molecular complexity index is 1430. The van der Waals surface area contributed by atoms with Crippen LogP contribution in [0.2, 0.25) is 0 Å². The summed E-state index contributed by atoms with van der Waals surface area (Å²) in [5.41, 5.74) is 3.97. The maximum Gasteiger partial charge on any atom is 0.262 e. The van der Waals surface area contributed by atoms with Crippen molar-refractivity contribution in [2.45, 2.75) is 25.7 Å². The molecule has 0 radical (unpaired) electrons. The molecule has 4 aromatic rings. The zero-order valence-corrected chi connectivity index (χ0v) is 19.9. The summed E-state index contributed by atoms with van der Waals surface area (Å²) in [7, 11) is -3.90. The van der Waals surface area contributed by atoms with Gasteiger partial charge in [-0.15, -0.1) is 10.2 Å². The normalized spacial score (nSPS) is 11.2. The van der Waals surface area contributed by atoms with Gasteiger partial charge in [-0.25, -0.2) is 8.42 Å². The molecule has 7 nitrogen and oxygen atoms in total. The van der Waals surface area contributed by atoms with E-state index in [-0.39, 0.29) is 10.5 Å². The molecule has 0 bridgehead atoms. The Morgan fingerprint density at radius 3 is 2.39 bits per heavy atom. The quantitative estimate of drug-likeness (QED) is 0.397. The first-order chi connectivity index (χ1) is 15.7. The molecular weight excluding hydrogens is 456 g/mol. The standard InChI is InChI=1S/C24H22N4O3S2/c1-15-8-7-11-20(17(15)3)28-33(30,31)21-14-19(13-12-16(21)2)22(29)25-24-27-26-23(32-24)18-9-5-4-6-10-18/h4-14,28H,1-3H3,(H,25,27,29). The van der Waals surface area contributed by atoms with Crippen molar-refractivity contribution in [3.63, 3.8) is 0 Å². The van der Waals surface area contributed by atoms with E-state index in [0.29, 0.717) is 21.4 Å². The summed E-state index contributed by atoms with van der Waals surface area (Å²) < 4.78 is 28.9. The van der Waals surface area contributed by atoms with Crippen molar-refractivity contribution in [3.05, 3.63) is 89.0 Å². The summed E-state index contributed by atoms with van der Waals surface area (Å²) in [5, 5.41) is 11.9. The van der Waals surface area contributed by atoms with Gasteiger partial charge in [0.25, 0.3) is 15.9 Å². The molecule has 3 aromatic carbocycles. The minimum Gasteiger partial charge on any atom is -0.296 e. The highest BCUT2D eigenvalue weighted by Crippen LogP contribution is 2.27. The second-order valence-corrected chi connectivity index (χ2v) is 10.2. The van der Waals surface area contributed by atoms with Crippen LogP contribution in [0.1, 0.15) is 27.0 Å². The number of benzene rings is 3. The summed E-state index contributed by atoms with van der Waals surface area (Å²) in [6.07, 6.45) is 0. The van der Waals surface area contributed by atoms with Gasteiger partial charge in [0.15, 0.2) is 0 Å². The predicted octanol–water partition coefficient (Wildman–Crippen LogP) is 5.18. The molecule has 1 aromatic heterocycles. The van der Waals surface area contributed by atoms with Crippen molar-refractivity contribution in [2.24, 2.45) is 0 Å². The molecule has 1 heterocycles. The van der Waals surface area contributed by atoms with Crippen molar-refractivity contribution < 1.29 is 13.2 Å². The molecule has 0 aliphatic rings. The van der Waals surface area contributed by atoms with Crippen molar-refractivity contribution in [2.75, 3.05) is 10.0 Å². The van der Waals surface area contributed by atoms with Crippen LogP contribution in [0, 0.1) is 20.8 Å². The fourth-order valence-corrected chi connectivity index (χ4v) is 5.37. The van der Waals surface area contributed by atoms with E-state index in [1.165, 1.54) is 17.4 Å². The predicted molar refractivity (Wildman–Crippen MR) is 131 cm³/mol. The SMILES string of the molecule is Cc1ccc(C(=O)Nc2nnc(-c3ccccc3)s2)cc1S(=O)(=O)Nc1cccc(C)c1C. The lowest BCUT2D eigenvalue weighted by molar-refractivity contribution is 0.102. The van der Waals surface area contributed by atoms with E-state index in [4.69, 9.17) is 0 Å². The van der Waals surface area contributed by atoms with Gasteiger partial charge < -0.3 is 0 Å². The Hall–Kier alpha value is -3.56. The molecule has 0 atom stereocenters. The Labute approximate surface area is 196 Å². The lowest BCUT2D eigenvalue weighted by atomic mass is 10.1. The van der Waals surface area contributed by atoms with Crippen LogP contribution in [0.4, 0.5) is 10.8 Å². The smallest absolute Gasteiger partial charge is 0.262 e. The van der Waals surface area contributed by atoms with Crippen LogP contribution in [0.15, 0.2) is 71.6 Å². The van der Waals surface area contributed by atoms with Crippen LogP contribution < -0.4 is 10.0 Å². The number of anilines is 2. The van der Waals surface area contributed by atoms with Gasteiger partial charge >= 0.3 is 0 Å². The molecule has 1 amide bonds. The number of hydrogen-bond donors (Lipinski definition) is 2. The summed E-state index contributed by atoms with van der Waals surface area (Å²) in [6, 6.07) is 19.5. The fourth-order valence-electron chi connectivity index (χ4n) is 3.23. The van der Waals surface area contributed by atoms with Crippen molar-refractivity contribution in [1.29, 1.82) is 0 Å². The number of aryl methyl sites for hydroxylation is 2. The van der Waals surface area contributed by atoms with Crippen LogP contribution in [0.3, 0.4) is 0 Å². The highest BCUT2D eigenvalue weighted by molar-refractivity contribution is 7.92. The molecule has 0 unspecified atom stereocenters. The number of carbonyl (C=O) groups is 1. The lowest BCUT2D eigenvalue weighted by Crippen LogP contribution is -2.17. The van der Waals surface area contributed by atoms with E-state index >= 15 is 0 Å². The van der Waals surface area contributed by atoms with E-state index in [9.17, 15) is 13.2 Å². The number of amides is 1. The molecule has 0 spiro atoms. The third-order valence-electron chi connectivity index (χ3n) is 5.26. The second kappa shape index (κ2) is 9.13. The first-order valence-electron chi connectivity index (χ1n) is 10.1. The lowest BCUT2D eigenvalue weighted by Gasteiger charge is -2.14. The summed E-state index contributed by atoms with van der Waals surface area (Å²) in [4.78, 5) is 12.9. The minimum absolute atomic E-state index is 0.0401. The highest BCUT2D eigenvalue weighted by Gasteiger charge is 2.21. The third kappa shape index (κ3) is 4.94. The zero-order chi connectivity index (χ0) is 23.6. The van der Waals surface area contributed by atoms with Gasteiger partial charge in [0.05, 0.1) is 10.6 Å². The van der Waals surface area contributed by atoms with Gasteiger partial charge in [0, 0.05) is 11.1 Å². The highest BCUT2D eigenvalue weighted by atomic mass is 32.2. The van der Waals surface area contributed by atoms with Crippen LogP contribution in [-0.4, -0.2) is 24.5 Å². The number of aromatic nitrogens is 2. The Kier molecular flexibility index (Phi) is 6.26. The minimum atomic E-state index is -3.90. The van der Waals surface area contributed by atoms with E-state index in [2.05, 4.69) is 20.2 Å². The summed E-state index contributed by atoms with van der Waals surface area (Å²) in [6.45, 7) is 5.46. The molecule has 4 rings (SSSR count). The van der Waals surface area contributed by atoms with Crippen molar-refractivity contribution in [3.8, 4) is 10.6 Å². The third-order valence-corrected chi connectivity index (χ3v) is 7.65. The first-order valence-corrected chi connectivity index (χ1v) is 12.4. The number of nitrogens with one attached hydrogen (secondary N) is 2. The number of nitrogens with zero attached hydrogens (tertiary/aromatic N) is 2. The second-order valence-electron chi connectivity index (χ2n) is 7.57. The van der Waals surface area contributed by atoms with E-state index in [1.54, 1.807) is 31.2 Å². The molecule has 33 heavy (non-hydrogen) atoms. The number of hydrogen-bond acceptors (Lipinski definition) is 6. The molecule has 0 saturated heterocycles. The Morgan fingerprint density at radius 2 is 1.64 bits per heavy atom. The number of rotatable bonds is 6. The molecule has 0 aliphatic carbocycles. The summed E-state index contributed by atoms with van der Waals surface area (Å²) in [5.74, 6) is -0.464. The fraction of sp³-hybridized carbons (Fsp3) is 0.125. The maximum absolute atomic E-state index is 13.1. The van der Waals surface area contributed by atoms with E-state index < -0.39 is 15.9 Å². The summed E-state index contributed by atoms with van der Waals surface area (Å²) >= 11 is 1.24. The van der Waals surface area contributed by atoms with Gasteiger partial charge in [0.1, 0.15) is 5.01 Å². The molecule has 168 valence electrons. The molecule has 0 fully saturated rings. The van der Waals surface area contributed by atoms with E-state index in [1.807, 2.05) is 50.2 Å². The maximum atomic E-state index is 13.1. The zero-order valence-electron chi connectivity index (χ0n) is 18.3. The average Bonchev–Trinajstić information content (AvgIpc) is 3.26. The van der Waals surface area contributed by atoms with Gasteiger partial charge in [-0.2, -0.15) is 0 Å². The van der Waals surface area contributed by atoms with Crippen molar-refractivity contribution >= 4 is 38.1 Å². The largest absolute Gasteiger partial charge is 0.296 e. The number of carbonyl (C=O) groups excluding carboxylic acids is 1. The molecule has 0 saturated carbocycles. The topological polar surface area (TPSA) is 101 Å². The first kappa shape index (κ1) is 22.6. The number of sulfonamides is 1.